The highest BCUT2D eigenvalue weighted by Crippen LogP contribution is 2.30. The second-order valence-electron chi connectivity index (χ2n) is 4.36. The Labute approximate surface area is 98.2 Å². The monoisotopic (exact) mass is 238 g/mol. The first kappa shape index (κ1) is 11.6. The van der Waals surface area contributed by atoms with Crippen LogP contribution < -0.4 is 0 Å². The van der Waals surface area contributed by atoms with Gasteiger partial charge in [0.15, 0.2) is 0 Å². The van der Waals surface area contributed by atoms with Gasteiger partial charge in [-0.1, -0.05) is 5.16 Å². The van der Waals surface area contributed by atoms with E-state index in [0.29, 0.717) is 18.2 Å². The molecular weight excluding hydrogens is 224 g/mol. The minimum Gasteiger partial charge on any atom is -0.480 e. The van der Waals surface area contributed by atoms with Crippen molar-refractivity contribution in [2.75, 3.05) is 13.1 Å². The number of aromatic nitrogens is 1. The van der Waals surface area contributed by atoms with Crippen LogP contribution in [0.2, 0.25) is 0 Å². The Morgan fingerprint density at radius 3 is 2.76 bits per heavy atom. The quantitative estimate of drug-likeness (QED) is 0.824. The lowest BCUT2D eigenvalue weighted by molar-refractivity contribution is -0.137. The number of carbonyl (C=O) groups excluding carboxylic acids is 1. The van der Waals surface area contributed by atoms with Crippen LogP contribution in [-0.4, -0.2) is 40.1 Å². The summed E-state index contributed by atoms with van der Waals surface area (Å²) in [6.45, 7) is 1.89. The summed E-state index contributed by atoms with van der Waals surface area (Å²) in [7, 11) is 0. The molecule has 0 atom stereocenters. The molecule has 0 aromatic carbocycles. The molecule has 1 heterocycles. The van der Waals surface area contributed by atoms with Crippen LogP contribution in [0.3, 0.4) is 0 Å². The van der Waals surface area contributed by atoms with Crippen molar-refractivity contribution in [2.24, 2.45) is 5.92 Å². The van der Waals surface area contributed by atoms with E-state index in [-0.39, 0.29) is 12.3 Å². The van der Waals surface area contributed by atoms with Crippen molar-refractivity contribution < 1.29 is 19.2 Å². The topological polar surface area (TPSA) is 83.6 Å². The molecule has 1 amide bonds. The van der Waals surface area contributed by atoms with E-state index in [0.717, 1.165) is 12.8 Å². The minimum atomic E-state index is -1.02. The number of aryl methyl sites for hydroxylation is 1. The number of hydrogen-bond acceptors (Lipinski definition) is 4. The number of aliphatic carboxylic acids is 1. The molecule has 1 aromatic heterocycles. The third-order valence-electron chi connectivity index (χ3n) is 2.63. The average Bonchev–Trinajstić information content (AvgIpc) is 2.96. The van der Waals surface area contributed by atoms with E-state index in [1.165, 1.54) is 11.0 Å². The molecule has 92 valence electrons. The molecule has 0 radical (unpaired) electrons. The first-order valence-electron chi connectivity index (χ1n) is 5.50. The van der Waals surface area contributed by atoms with E-state index in [4.69, 9.17) is 9.63 Å². The number of amides is 1. The zero-order chi connectivity index (χ0) is 12.4. The molecule has 1 aromatic rings. The van der Waals surface area contributed by atoms with Gasteiger partial charge in [-0.05, 0) is 25.7 Å². The summed E-state index contributed by atoms with van der Waals surface area (Å²) in [6, 6.07) is 1.52. The van der Waals surface area contributed by atoms with Crippen LogP contribution in [0, 0.1) is 12.8 Å². The van der Waals surface area contributed by atoms with E-state index in [9.17, 15) is 9.59 Å². The molecule has 1 aliphatic rings. The van der Waals surface area contributed by atoms with Gasteiger partial charge in [-0.2, -0.15) is 0 Å². The van der Waals surface area contributed by atoms with E-state index in [1.807, 2.05) is 0 Å². The molecule has 0 unspecified atom stereocenters. The number of rotatable bonds is 5. The summed E-state index contributed by atoms with van der Waals surface area (Å²) in [5.41, 5.74) is 0.607. The van der Waals surface area contributed by atoms with Crippen molar-refractivity contribution >= 4 is 11.9 Å². The number of nitrogens with zero attached hydrogens (tertiary/aromatic N) is 2. The molecule has 0 bridgehead atoms. The van der Waals surface area contributed by atoms with Gasteiger partial charge in [0.05, 0.1) is 5.69 Å². The molecule has 0 aliphatic heterocycles. The van der Waals surface area contributed by atoms with Crippen molar-refractivity contribution in [3.63, 3.8) is 0 Å². The maximum atomic E-state index is 12.0. The lowest BCUT2D eigenvalue weighted by Gasteiger charge is -2.18. The molecule has 2 rings (SSSR count). The molecular formula is C11H14N2O4. The normalized spacial score (nSPS) is 14.6. The fourth-order valence-electron chi connectivity index (χ4n) is 1.61. The number of carbonyl (C=O) groups is 2. The van der Waals surface area contributed by atoms with Crippen LogP contribution in [-0.2, 0) is 4.79 Å². The van der Waals surface area contributed by atoms with Gasteiger partial charge in [-0.3, -0.25) is 9.59 Å². The van der Waals surface area contributed by atoms with Gasteiger partial charge < -0.3 is 14.5 Å². The van der Waals surface area contributed by atoms with E-state index < -0.39 is 11.9 Å². The zero-order valence-electron chi connectivity index (χ0n) is 9.55. The SMILES string of the molecule is Cc1cc(C(=O)N(CC(=O)O)CC2CC2)on1. The molecule has 1 fully saturated rings. The maximum Gasteiger partial charge on any atom is 0.323 e. The third-order valence-corrected chi connectivity index (χ3v) is 2.63. The van der Waals surface area contributed by atoms with Crippen LogP contribution >= 0.6 is 0 Å². The van der Waals surface area contributed by atoms with Gasteiger partial charge in [-0.25, -0.2) is 0 Å². The van der Waals surface area contributed by atoms with E-state index >= 15 is 0 Å². The minimum absolute atomic E-state index is 0.101. The summed E-state index contributed by atoms with van der Waals surface area (Å²) in [5, 5.41) is 12.4. The summed E-state index contributed by atoms with van der Waals surface area (Å²) in [6.07, 6.45) is 2.11. The Morgan fingerprint density at radius 2 is 2.29 bits per heavy atom. The second-order valence-corrected chi connectivity index (χ2v) is 4.36. The Morgan fingerprint density at radius 1 is 1.59 bits per heavy atom. The third kappa shape index (κ3) is 3.05. The molecule has 6 heteroatoms. The Hall–Kier alpha value is -1.85. The highest BCUT2D eigenvalue weighted by Gasteiger charge is 2.29. The van der Waals surface area contributed by atoms with Crippen LogP contribution in [0.15, 0.2) is 10.6 Å². The predicted molar refractivity (Wildman–Crippen MR) is 57.5 cm³/mol. The number of carboxylic acids is 1. The maximum absolute atomic E-state index is 12.0. The number of carboxylic acid groups (broad SMARTS) is 1. The van der Waals surface area contributed by atoms with Gasteiger partial charge in [0.1, 0.15) is 6.54 Å². The summed E-state index contributed by atoms with van der Waals surface area (Å²) >= 11 is 0. The second kappa shape index (κ2) is 4.57. The van der Waals surface area contributed by atoms with E-state index in [2.05, 4.69) is 5.16 Å². The summed E-state index contributed by atoms with van der Waals surface area (Å²) in [4.78, 5) is 24.0. The first-order chi connectivity index (χ1) is 8.06. The average molecular weight is 238 g/mol. The van der Waals surface area contributed by atoms with Crippen molar-refractivity contribution in [3.8, 4) is 0 Å². The smallest absolute Gasteiger partial charge is 0.323 e. The van der Waals surface area contributed by atoms with Crippen molar-refractivity contribution in [1.82, 2.24) is 10.1 Å². The van der Waals surface area contributed by atoms with Gasteiger partial charge in [0.25, 0.3) is 5.91 Å². The fraction of sp³-hybridized carbons (Fsp3) is 0.545. The molecule has 1 N–H and O–H groups in total. The van der Waals surface area contributed by atoms with Crippen molar-refractivity contribution in [1.29, 1.82) is 0 Å². The van der Waals surface area contributed by atoms with Crippen molar-refractivity contribution in [3.05, 3.63) is 17.5 Å². The molecule has 6 nitrogen and oxygen atoms in total. The van der Waals surface area contributed by atoms with E-state index in [1.54, 1.807) is 6.92 Å². The standard InChI is InChI=1S/C11H14N2O4/c1-7-4-9(17-12-7)11(16)13(6-10(14)15)5-8-2-3-8/h4,8H,2-3,5-6H2,1H3,(H,14,15). The van der Waals surface area contributed by atoms with Crippen LogP contribution in [0.1, 0.15) is 29.1 Å². The van der Waals surface area contributed by atoms with Gasteiger partial charge in [-0.15, -0.1) is 0 Å². The summed E-state index contributed by atoms with van der Waals surface area (Å²) < 4.78 is 4.86. The van der Waals surface area contributed by atoms with Gasteiger partial charge in [0, 0.05) is 12.6 Å². The largest absolute Gasteiger partial charge is 0.480 e. The predicted octanol–water partition coefficient (Wildman–Crippen LogP) is 0.920. The van der Waals surface area contributed by atoms with Gasteiger partial charge >= 0.3 is 5.97 Å². The highest BCUT2D eigenvalue weighted by molar-refractivity contribution is 5.93. The molecule has 0 spiro atoms. The fourth-order valence-corrected chi connectivity index (χ4v) is 1.61. The highest BCUT2D eigenvalue weighted by atomic mass is 16.5. The Bertz CT molecular complexity index is 436. The Balaban J connectivity index is 2.07. The zero-order valence-corrected chi connectivity index (χ0v) is 9.55. The van der Waals surface area contributed by atoms with Crippen molar-refractivity contribution in [2.45, 2.75) is 19.8 Å². The van der Waals surface area contributed by atoms with Crippen LogP contribution in [0.5, 0.6) is 0 Å². The van der Waals surface area contributed by atoms with Crippen LogP contribution in [0.4, 0.5) is 0 Å². The number of hydrogen-bond donors (Lipinski definition) is 1. The summed E-state index contributed by atoms with van der Waals surface area (Å²) in [5.74, 6) is -0.887. The molecule has 0 saturated heterocycles. The van der Waals surface area contributed by atoms with Crippen LogP contribution in [0.25, 0.3) is 0 Å². The first-order valence-corrected chi connectivity index (χ1v) is 5.50. The molecule has 1 saturated carbocycles. The molecule has 1 aliphatic carbocycles. The Kier molecular flexibility index (Phi) is 3.12. The lowest BCUT2D eigenvalue weighted by Crippen LogP contribution is -2.37. The lowest BCUT2D eigenvalue weighted by atomic mass is 10.3. The van der Waals surface area contributed by atoms with Gasteiger partial charge in [0.2, 0.25) is 5.76 Å². The molecule has 17 heavy (non-hydrogen) atoms.